The Hall–Kier alpha value is -2.35. The molecule has 0 bridgehead atoms. The zero-order chi connectivity index (χ0) is 21.4. The molecule has 0 spiro atoms. The van der Waals surface area contributed by atoms with E-state index in [1.165, 1.54) is 23.4 Å². The van der Waals surface area contributed by atoms with Gasteiger partial charge in [0.1, 0.15) is 16.8 Å². The molecule has 1 aliphatic carbocycles. The quantitative estimate of drug-likeness (QED) is 0.608. The molecule has 0 N–H and O–H groups in total. The summed E-state index contributed by atoms with van der Waals surface area (Å²) in [4.78, 5) is 0.842. The van der Waals surface area contributed by atoms with Crippen LogP contribution in [0.3, 0.4) is 0 Å². The number of benzene rings is 2. The van der Waals surface area contributed by atoms with Gasteiger partial charge in [-0.15, -0.1) is 0 Å². The van der Waals surface area contributed by atoms with Crippen LogP contribution in [0.1, 0.15) is 17.7 Å². The van der Waals surface area contributed by atoms with Gasteiger partial charge in [0, 0.05) is 31.3 Å². The van der Waals surface area contributed by atoms with E-state index in [9.17, 15) is 8.60 Å². The minimum atomic E-state index is -1.18. The lowest BCUT2D eigenvalue weighted by atomic mass is 9.63. The van der Waals surface area contributed by atoms with Gasteiger partial charge in [0.15, 0.2) is 0 Å². The number of ether oxygens (including phenoxy) is 1. The molecular formula is C24H26FN3O2S. The second-order valence-corrected chi connectivity index (χ2v) is 10.1. The summed E-state index contributed by atoms with van der Waals surface area (Å²) in [6.07, 6.45) is 4.61. The molecule has 3 aromatic rings. The molecule has 1 aromatic heterocycles. The molecule has 3 atom stereocenters. The zero-order valence-corrected chi connectivity index (χ0v) is 18.4. The van der Waals surface area contributed by atoms with E-state index in [-0.39, 0.29) is 11.2 Å². The van der Waals surface area contributed by atoms with Gasteiger partial charge in [0.2, 0.25) is 0 Å². The normalized spacial score (nSPS) is 24.4. The lowest BCUT2D eigenvalue weighted by Crippen LogP contribution is -2.55. The van der Waals surface area contributed by atoms with Crippen LogP contribution in [-0.2, 0) is 28.6 Å². The highest BCUT2D eigenvalue weighted by molar-refractivity contribution is 7.82. The van der Waals surface area contributed by atoms with Crippen molar-refractivity contribution in [2.24, 2.45) is 11.3 Å². The molecule has 5 nitrogen and oxygen atoms in total. The van der Waals surface area contributed by atoms with E-state index in [1.807, 2.05) is 41.2 Å². The highest BCUT2D eigenvalue weighted by Gasteiger charge is 2.48. The van der Waals surface area contributed by atoms with Crippen LogP contribution in [0.2, 0.25) is 0 Å². The number of aromatic nitrogens is 2. The fourth-order valence-corrected chi connectivity index (χ4v) is 6.54. The lowest BCUT2D eigenvalue weighted by Gasteiger charge is -2.50. The molecule has 0 radical (unpaired) electrons. The Morgan fingerprint density at radius 3 is 2.71 bits per heavy atom. The van der Waals surface area contributed by atoms with Crippen molar-refractivity contribution < 1.29 is 13.3 Å². The van der Waals surface area contributed by atoms with Crippen LogP contribution in [0.15, 0.2) is 65.7 Å². The first kappa shape index (κ1) is 20.5. The van der Waals surface area contributed by atoms with E-state index in [2.05, 4.69) is 9.40 Å². The van der Waals surface area contributed by atoms with E-state index in [0.717, 1.165) is 42.9 Å². The van der Waals surface area contributed by atoms with Crippen molar-refractivity contribution in [2.45, 2.75) is 24.2 Å². The highest BCUT2D eigenvalue weighted by Crippen LogP contribution is 2.46. The second-order valence-electron chi connectivity index (χ2n) is 8.59. The van der Waals surface area contributed by atoms with Crippen molar-refractivity contribution in [1.29, 1.82) is 0 Å². The summed E-state index contributed by atoms with van der Waals surface area (Å²) in [6, 6.07) is 16.1. The molecule has 2 heterocycles. The van der Waals surface area contributed by atoms with Gasteiger partial charge in [-0.25, -0.2) is 17.6 Å². The predicted octanol–water partition coefficient (Wildman–Crippen LogP) is 3.79. The van der Waals surface area contributed by atoms with Gasteiger partial charge >= 0.3 is 0 Å². The summed E-state index contributed by atoms with van der Waals surface area (Å²) in [7, 11) is 0.569. The summed E-state index contributed by atoms with van der Waals surface area (Å²) in [5, 5.41) is 4.63. The van der Waals surface area contributed by atoms with Gasteiger partial charge in [0.25, 0.3) is 0 Å². The minimum absolute atomic E-state index is 0.0961. The summed E-state index contributed by atoms with van der Waals surface area (Å²) >= 11 is 0. The third kappa shape index (κ3) is 3.75. The molecule has 1 fully saturated rings. The van der Waals surface area contributed by atoms with Gasteiger partial charge in [-0.05, 0) is 67.1 Å². The van der Waals surface area contributed by atoms with Crippen LogP contribution >= 0.6 is 0 Å². The Morgan fingerprint density at radius 1 is 1.19 bits per heavy atom. The van der Waals surface area contributed by atoms with E-state index < -0.39 is 11.0 Å². The maximum absolute atomic E-state index is 13.4. The average Bonchev–Trinajstić information content (AvgIpc) is 3.20. The van der Waals surface area contributed by atoms with Crippen molar-refractivity contribution in [3.05, 3.63) is 77.9 Å². The molecular weight excluding hydrogens is 413 g/mol. The SMILES string of the molecule is COC[C@]12Cc3cnn(-c4ccc(F)cc4)c3C[C@@H]1CCN(S(=O)c1ccccc1)C2. The summed E-state index contributed by atoms with van der Waals surface area (Å²) in [5.41, 5.74) is 3.18. The standard InChI is InChI=1S/C24H26FN3O2S/c1-30-17-24-14-18-15-26-28(21-9-7-20(25)8-10-21)23(18)13-19(24)11-12-27(16-24)31(29)22-5-3-2-4-6-22/h2-10,15,19H,11-14,16-17H2,1H3/t19-,24+,31?/m0/s1. The van der Waals surface area contributed by atoms with Gasteiger partial charge in [0.05, 0.1) is 23.4 Å². The van der Waals surface area contributed by atoms with Gasteiger partial charge < -0.3 is 4.74 Å². The molecule has 31 heavy (non-hydrogen) atoms. The number of piperidine rings is 1. The minimum Gasteiger partial charge on any atom is -0.384 e. The predicted molar refractivity (Wildman–Crippen MR) is 118 cm³/mol. The van der Waals surface area contributed by atoms with Crippen molar-refractivity contribution in [3.63, 3.8) is 0 Å². The second kappa shape index (κ2) is 8.30. The maximum atomic E-state index is 13.4. The molecule has 162 valence electrons. The highest BCUT2D eigenvalue weighted by atomic mass is 32.2. The molecule has 5 rings (SSSR count). The monoisotopic (exact) mass is 439 g/mol. The lowest BCUT2D eigenvalue weighted by molar-refractivity contribution is -0.0161. The van der Waals surface area contributed by atoms with Crippen LogP contribution in [-0.4, -0.2) is 45.1 Å². The van der Waals surface area contributed by atoms with E-state index in [0.29, 0.717) is 12.5 Å². The van der Waals surface area contributed by atoms with E-state index >= 15 is 0 Å². The van der Waals surface area contributed by atoms with Crippen molar-refractivity contribution >= 4 is 11.0 Å². The van der Waals surface area contributed by atoms with E-state index in [4.69, 9.17) is 4.74 Å². The van der Waals surface area contributed by atoms with E-state index in [1.54, 1.807) is 19.2 Å². The first-order chi connectivity index (χ1) is 15.1. The molecule has 2 aromatic carbocycles. The number of rotatable bonds is 5. The molecule has 1 saturated heterocycles. The molecule has 7 heteroatoms. The van der Waals surface area contributed by atoms with Crippen molar-refractivity contribution in [3.8, 4) is 5.69 Å². The third-order valence-electron chi connectivity index (χ3n) is 6.70. The number of nitrogens with zero attached hydrogens (tertiary/aromatic N) is 3. The Labute approximate surface area is 184 Å². The fraction of sp³-hybridized carbons (Fsp3) is 0.375. The third-order valence-corrected chi connectivity index (χ3v) is 8.16. The molecule has 1 aliphatic heterocycles. The maximum Gasteiger partial charge on any atom is 0.127 e. The first-order valence-electron chi connectivity index (χ1n) is 10.6. The molecule has 2 aliphatic rings. The molecule has 1 unspecified atom stereocenters. The smallest absolute Gasteiger partial charge is 0.127 e. The molecule has 0 amide bonds. The number of methoxy groups -OCH3 is 1. The largest absolute Gasteiger partial charge is 0.384 e. The number of fused-ring (bicyclic) bond motifs is 2. The number of halogens is 1. The average molecular weight is 440 g/mol. The Morgan fingerprint density at radius 2 is 1.97 bits per heavy atom. The Balaban J connectivity index is 1.45. The van der Waals surface area contributed by atoms with Crippen LogP contribution in [0, 0.1) is 17.2 Å². The summed E-state index contributed by atoms with van der Waals surface area (Å²) < 4.78 is 36.3. The van der Waals surface area contributed by atoms with Crippen LogP contribution in [0.4, 0.5) is 4.39 Å². The first-order valence-corrected chi connectivity index (χ1v) is 11.7. The van der Waals surface area contributed by atoms with Gasteiger partial charge in [-0.1, -0.05) is 18.2 Å². The summed E-state index contributed by atoms with van der Waals surface area (Å²) in [6.45, 7) is 2.15. The van der Waals surface area contributed by atoms with Crippen molar-refractivity contribution in [2.75, 3.05) is 26.8 Å². The van der Waals surface area contributed by atoms with Crippen molar-refractivity contribution in [1.82, 2.24) is 14.1 Å². The van der Waals surface area contributed by atoms with Crippen LogP contribution in [0.25, 0.3) is 5.69 Å². The van der Waals surface area contributed by atoms with Gasteiger partial charge in [-0.2, -0.15) is 5.10 Å². The van der Waals surface area contributed by atoms with Crippen LogP contribution in [0.5, 0.6) is 0 Å². The topological polar surface area (TPSA) is 47.4 Å². The van der Waals surface area contributed by atoms with Gasteiger partial charge in [-0.3, -0.25) is 0 Å². The summed E-state index contributed by atoms with van der Waals surface area (Å²) in [5.74, 6) is 0.169. The van der Waals surface area contributed by atoms with Crippen LogP contribution < -0.4 is 0 Å². The molecule has 0 saturated carbocycles. The fourth-order valence-electron chi connectivity index (χ4n) is 5.20. The Bertz CT molecular complexity index is 1090. The zero-order valence-electron chi connectivity index (χ0n) is 17.5. The Kier molecular flexibility index (Phi) is 5.50. The number of hydrogen-bond acceptors (Lipinski definition) is 3. The number of hydrogen-bond donors (Lipinski definition) is 0.